The Labute approximate surface area is 369 Å². The first-order valence-electron chi connectivity index (χ1n) is 20.2. The van der Waals surface area contributed by atoms with Crippen molar-refractivity contribution in [2.24, 2.45) is 0 Å². The molecular formula is C45H44F4N14O2. The van der Waals surface area contributed by atoms with Gasteiger partial charge in [0.15, 0.2) is 11.3 Å². The number of alkyl halides is 3. The van der Waals surface area contributed by atoms with Crippen molar-refractivity contribution in [2.45, 2.75) is 59.8 Å². The predicted molar refractivity (Wildman–Crippen MR) is 244 cm³/mol. The molecule has 4 aromatic heterocycles. The number of aryl methyl sites for hydroxylation is 2. The van der Waals surface area contributed by atoms with Crippen molar-refractivity contribution in [1.82, 2.24) is 39.5 Å². The Balaban J connectivity index is 0.000000195. The molecule has 0 aliphatic carbocycles. The lowest BCUT2D eigenvalue weighted by molar-refractivity contribution is -0.138. The number of hydrogen-bond donors (Lipinski definition) is 6. The number of nitrogens with zero attached hydrogens (tertiary/aromatic N) is 8. The summed E-state index contributed by atoms with van der Waals surface area (Å²) in [5.74, 6) is 0.169. The molecule has 0 spiro atoms. The lowest BCUT2D eigenvalue weighted by atomic mass is 10.1. The van der Waals surface area contributed by atoms with Crippen molar-refractivity contribution in [2.75, 3.05) is 32.7 Å². The van der Waals surface area contributed by atoms with E-state index in [0.29, 0.717) is 56.5 Å². The van der Waals surface area contributed by atoms with E-state index in [9.17, 15) is 27.2 Å². The zero-order chi connectivity index (χ0) is 46.7. The van der Waals surface area contributed by atoms with Crippen LogP contribution in [0.15, 0.2) is 97.6 Å². The van der Waals surface area contributed by atoms with Gasteiger partial charge in [-0.05, 0) is 101 Å². The van der Waals surface area contributed by atoms with Gasteiger partial charge in [0.2, 0.25) is 0 Å². The van der Waals surface area contributed by atoms with Gasteiger partial charge in [-0.15, -0.1) is 0 Å². The molecule has 8 aromatic rings. The summed E-state index contributed by atoms with van der Waals surface area (Å²) in [4.78, 5) is 41.4. The van der Waals surface area contributed by atoms with Crippen LogP contribution in [0.1, 0.15) is 56.5 Å². The number of nitrogens with one attached hydrogen (secondary N) is 4. The first kappa shape index (κ1) is 44.9. The lowest BCUT2D eigenvalue weighted by Crippen LogP contribution is -2.20. The van der Waals surface area contributed by atoms with E-state index < -0.39 is 29.6 Å². The first-order valence-corrected chi connectivity index (χ1v) is 20.2. The van der Waals surface area contributed by atoms with Gasteiger partial charge in [-0.25, -0.2) is 43.3 Å². The quantitative estimate of drug-likeness (QED) is 0.0792. The Morgan fingerprint density at radius 3 is 1.51 bits per heavy atom. The first-order chi connectivity index (χ1) is 30.9. The molecule has 4 amide bonds. The van der Waals surface area contributed by atoms with Crippen molar-refractivity contribution >= 4 is 68.5 Å². The van der Waals surface area contributed by atoms with Gasteiger partial charge >= 0.3 is 18.2 Å². The average molecular weight is 889 g/mol. The standard InChI is InChI=1S/C23H22F3N7O.C22H22FN7O/c1-12(2)33-21-18(20(27)28-11-29-21)19(32-33)14-5-8-15(9-6-14)30-22(34)31-16-7-4-13(3)17(10-16)23(24,25)26;1-12(2)30-21-18(20(24)25-11-26-21)19(29-30)14-5-7-15(8-6-14)27-22(31)28-17-10-13(3)4-9-16(17)23/h4-12H,1-3H3,(H2,27,28,29)(H2,30,31,34);4-12H,1-3H3,(H2,24,25,26)(H2,27,28,31). The Kier molecular flexibility index (Phi) is 12.6. The summed E-state index contributed by atoms with van der Waals surface area (Å²) >= 11 is 0. The van der Waals surface area contributed by atoms with Crippen LogP contribution in [0.5, 0.6) is 0 Å². The van der Waals surface area contributed by atoms with Crippen LogP contribution in [0.25, 0.3) is 44.6 Å². The number of aromatic nitrogens is 8. The number of nitrogen functional groups attached to an aromatic ring is 2. The minimum Gasteiger partial charge on any atom is -0.383 e. The number of nitrogens with two attached hydrogens (primary N) is 2. The summed E-state index contributed by atoms with van der Waals surface area (Å²) in [7, 11) is 0. The fraction of sp³-hybridized carbons (Fsp3) is 0.200. The van der Waals surface area contributed by atoms with Crippen LogP contribution in [0.4, 0.5) is 61.5 Å². The normalized spacial score (nSPS) is 11.4. The Morgan fingerprint density at radius 1 is 0.600 bits per heavy atom. The van der Waals surface area contributed by atoms with Gasteiger partial charge in [0, 0.05) is 40.3 Å². The number of hydrogen-bond acceptors (Lipinski definition) is 10. The molecule has 0 aliphatic heterocycles. The van der Waals surface area contributed by atoms with E-state index in [2.05, 4.69) is 51.4 Å². The highest BCUT2D eigenvalue weighted by atomic mass is 19.4. The maximum Gasteiger partial charge on any atom is 0.416 e. The third kappa shape index (κ3) is 9.90. The van der Waals surface area contributed by atoms with Gasteiger partial charge in [0.25, 0.3) is 0 Å². The molecule has 0 bridgehead atoms. The van der Waals surface area contributed by atoms with E-state index in [4.69, 9.17) is 11.5 Å². The van der Waals surface area contributed by atoms with Crippen LogP contribution in [-0.2, 0) is 6.18 Å². The molecule has 8 rings (SSSR count). The van der Waals surface area contributed by atoms with Crippen LogP contribution in [-0.4, -0.2) is 51.6 Å². The van der Waals surface area contributed by atoms with Crippen LogP contribution in [0, 0.1) is 19.7 Å². The van der Waals surface area contributed by atoms with E-state index in [1.165, 1.54) is 37.8 Å². The van der Waals surface area contributed by atoms with Gasteiger partial charge in [-0.2, -0.15) is 23.4 Å². The largest absolute Gasteiger partial charge is 0.416 e. The molecule has 0 saturated heterocycles. The second-order valence-electron chi connectivity index (χ2n) is 15.5. The Morgan fingerprint density at radius 2 is 1.05 bits per heavy atom. The third-order valence-corrected chi connectivity index (χ3v) is 10.0. The molecule has 20 heteroatoms. The predicted octanol–water partition coefficient (Wildman–Crippen LogP) is 10.4. The van der Waals surface area contributed by atoms with Crippen molar-refractivity contribution in [1.29, 1.82) is 0 Å². The lowest BCUT2D eigenvalue weighted by Gasteiger charge is -2.13. The van der Waals surface area contributed by atoms with Crippen LogP contribution in [0.2, 0.25) is 0 Å². The number of amides is 4. The summed E-state index contributed by atoms with van der Waals surface area (Å²) in [6.45, 7) is 11.2. The van der Waals surface area contributed by atoms with Gasteiger partial charge < -0.3 is 32.7 Å². The highest BCUT2D eigenvalue weighted by Crippen LogP contribution is 2.35. The van der Waals surface area contributed by atoms with Gasteiger partial charge in [0.1, 0.15) is 41.5 Å². The molecule has 0 fully saturated rings. The summed E-state index contributed by atoms with van der Waals surface area (Å²) < 4.78 is 56.7. The smallest absolute Gasteiger partial charge is 0.383 e. The van der Waals surface area contributed by atoms with Crippen LogP contribution >= 0.6 is 0 Å². The summed E-state index contributed by atoms with van der Waals surface area (Å²) in [6, 6.07) is 21.0. The van der Waals surface area contributed by atoms with E-state index in [0.717, 1.165) is 22.8 Å². The number of rotatable bonds is 8. The fourth-order valence-corrected chi connectivity index (χ4v) is 6.86. The minimum atomic E-state index is -4.50. The number of benzene rings is 4. The molecule has 4 aromatic carbocycles. The Hall–Kier alpha value is -8.16. The summed E-state index contributed by atoms with van der Waals surface area (Å²) in [5, 5.41) is 20.9. The van der Waals surface area contributed by atoms with Crippen LogP contribution < -0.4 is 32.7 Å². The number of carbonyl (C=O) groups excluding carboxylic acids is 2. The molecule has 8 N–H and O–H groups in total. The summed E-state index contributed by atoms with van der Waals surface area (Å²) in [5.41, 5.74) is 17.6. The molecule has 0 radical (unpaired) electrons. The molecule has 65 heavy (non-hydrogen) atoms. The number of halogens is 4. The van der Waals surface area contributed by atoms with E-state index in [1.54, 1.807) is 57.9 Å². The van der Waals surface area contributed by atoms with Gasteiger partial charge in [-0.3, -0.25) is 0 Å². The molecule has 334 valence electrons. The average Bonchev–Trinajstić information content (AvgIpc) is 3.85. The fourth-order valence-electron chi connectivity index (χ4n) is 6.86. The van der Waals surface area contributed by atoms with Crippen molar-refractivity contribution in [3.63, 3.8) is 0 Å². The van der Waals surface area contributed by atoms with E-state index in [1.807, 2.05) is 46.8 Å². The monoisotopic (exact) mass is 888 g/mol. The summed E-state index contributed by atoms with van der Waals surface area (Å²) in [6.07, 6.45) is -1.70. The third-order valence-electron chi connectivity index (χ3n) is 10.0. The van der Waals surface area contributed by atoms with Crippen molar-refractivity contribution in [3.05, 3.63) is 120 Å². The minimum absolute atomic E-state index is 0.0354. The second-order valence-corrected chi connectivity index (χ2v) is 15.5. The molecule has 16 nitrogen and oxygen atoms in total. The highest BCUT2D eigenvalue weighted by Gasteiger charge is 2.32. The molecule has 0 saturated carbocycles. The molecule has 0 atom stereocenters. The Bertz CT molecular complexity index is 3040. The topological polar surface area (TPSA) is 221 Å². The van der Waals surface area contributed by atoms with Gasteiger partial charge in [0.05, 0.1) is 22.0 Å². The van der Waals surface area contributed by atoms with Crippen LogP contribution in [0.3, 0.4) is 0 Å². The van der Waals surface area contributed by atoms with E-state index in [-0.39, 0.29) is 29.0 Å². The highest BCUT2D eigenvalue weighted by molar-refractivity contribution is 6.02. The molecule has 4 heterocycles. The molecular weight excluding hydrogens is 845 g/mol. The number of urea groups is 2. The number of fused-ring (bicyclic) bond motifs is 2. The second kappa shape index (κ2) is 18.3. The zero-order valence-corrected chi connectivity index (χ0v) is 36.0. The SMILES string of the molecule is Cc1ccc(F)c(NC(=O)Nc2ccc(-c3nn(C(C)C)c4ncnc(N)c34)cc2)c1.Cc1ccc(NC(=O)Nc2ccc(-c3nn(C(C)C)c4ncnc(N)c34)cc2)cc1C(F)(F)F. The molecule has 0 unspecified atom stereocenters. The van der Waals surface area contributed by atoms with Crippen molar-refractivity contribution < 1.29 is 27.2 Å². The van der Waals surface area contributed by atoms with Crippen molar-refractivity contribution in [3.8, 4) is 22.5 Å². The van der Waals surface area contributed by atoms with Gasteiger partial charge in [-0.1, -0.05) is 36.4 Å². The molecule has 0 aliphatic rings. The number of anilines is 6. The maximum atomic E-state index is 13.9. The van der Waals surface area contributed by atoms with E-state index >= 15 is 0 Å². The number of carbonyl (C=O) groups is 2. The maximum absolute atomic E-state index is 13.9. The zero-order valence-electron chi connectivity index (χ0n) is 36.0.